The SMILES string of the molecule is Cc1ncnc(N)c1ON. The predicted molar refractivity (Wildman–Crippen MR) is 36.0 cm³/mol. The van der Waals surface area contributed by atoms with Gasteiger partial charge in [0.25, 0.3) is 0 Å². The highest BCUT2D eigenvalue weighted by molar-refractivity contribution is 5.47. The van der Waals surface area contributed by atoms with Gasteiger partial charge in [0.1, 0.15) is 6.33 Å². The Kier molecular flexibility index (Phi) is 1.68. The molecule has 5 heteroatoms. The fourth-order valence-electron chi connectivity index (χ4n) is 0.626. The Bertz CT molecular complexity index is 217. The molecule has 0 amide bonds. The summed E-state index contributed by atoms with van der Waals surface area (Å²) in [5, 5.41) is 0. The number of aromatic nitrogens is 2. The molecule has 0 aliphatic carbocycles. The number of aryl methyl sites for hydroxylation is 1. The van der Waals surface area contributed by atoms with Gasteiger partial charge in [-0.2, -0.15) is 5.90 Å². The molecule has 5 nitrogen and oxygen atoms in total. The topological polar surface area (TPSA) is 87.0 Å². The van der Waals surface area contributed by atoms with Gasteiger partial charge in [0, 0.05) is 0 Å². The lowest BCUT2D eigenvalue weighted by Crippen LogP contribution is -2.08. The number of nitrogens with zero attached hydrogens (tertiary/aromatic N) is 2. The van der Waals surface area contributed by atoms with E-state index < -0.39 is 0 Å². The highest BCUT2D eigenvalue weighted by Gasteiger charge is 2.03. The minimum absolute atomic E-state index is 0.259. The van der Waals surface area contributed by atoms with Crippen LogP contribution in [-0.4, -0.2) is 9.97 Å². The van der Waals surface area contributed by atoms with Crippen molar-refractivity contribution in [1.29, 1.82) is 0 Å². The zero-order valence-electron chi connectivity index (χ0n) is 5.53. The van der Waals surface area contributed by atoms with E-state index in [-0.39, 0.29) is 5.82 Å². The van der Waals surface area contributed by atoms with E-state index in [4.69, 9.17) is 11.6 Å². The Balaban J connectivity index is 3.17. The van der Waals surface area contributed by atoms with Crippen LogP contribution in [0.15, 0.2) is 6.33 Å². The number of hydrogen-bond donors (Lipinski definition) is 2. The first-order chi connectivity index (χ1) is 4.75. The molecule has 0 bridgehead atoms. The van der Waals surface area contributed by atoms with Crippen molar-refractivity contribution in [2.45, 2.75) is 6.92 Å². The fourth-order valence-corrected chi connectivity index (χ4v) is 0.626. The van der Waals surface area contributed by atoms with E-state index in [0.717, 1.165) is 0 Å². The van der Waals surface area contributed by atoms with Crippen molar-refractivity contribution in [3.63, 3.8) is 0 Å². The van der Waals surface area contributed by atoms with Crippen molar-refractivity contribution in [3.8, 4) is 5.75 Å². The molecule has 0 saturated heterocycles. The van der Waals surface area contributed by atoms with Gasteiger partial charge < -0.3 is 10.6 Å². The van der Waals surface area contributed by atoms with Crippen LogP contribution in [0.25, 0.3) is 0 Å². The standard InChI is InChI=1S/C5H8N4O/c1-3-4(10-7)5(6)9-2-8-3/h2H,7H2,1H3,(H2,6,8,9). The lowest BCUT2D eigenvalue weighted by Gasteiger charge is -2.02. The van der Waals surface area contributed by atoms with Crippen LogP contribution < -0.4 is 16.5 Å². The van der Waals surface area contributed by atoms with Crippen molar-refractivity contribution >= 4 is 5.82 Å². The predicted octanol–water partition coefficient (Wildman–Crippen LogP) is -0.380. The van der Waals surface area contributed by atoms with Gasteiger partial charge in [-0.15, -0.1) is 0 Å². The molecule has 0 unspecified atom stereocenters. The molecule has 1 heterocycles. The van der Waals surface area contributed by atoms with Crippen LogP contribution in [-0.2, 0) is 0 Å². The highest BCUT2D eigenvalue weighted by atomic mass is 16.6. The quantitative estimate of drug-likeness (QED) is 0.519. The van der Waals surface area contributed by atoms with Gasteiger partial charge in [-0.3, -0.25) is 0 Å². The zero-order chi connectivity index (χ0) is 7.56. The van der Waals surface area contributed by atoms with Crippen LogP contribution >= 0.6 is 0 Å². The van der Waals surface area contributed by atoms with E-state index in [0.29, 0.717) is 11.4 Å². The molecule has 0 radical (unpaired) electrons. The van der Waals surface area contributed by atoms with E-state index in [1.807, 2.05) is 0 Å². The Labute approximate surface area is 58.0 Å². The number of nitrogens with two attached hydrogens (primary N) is 2. The Morgan fingerprint density at radius 1 is 1.50 bits per heavy atom. The molecule has 0 atom stereocenters. The smallest absolute Gasteiger partial charge is 0.209 e. The molecular weight excluding hydrogens is 132 g/mol. The van der Waals surface area contributed by atoms with E-state index >= 15 is 0 Å². The highest BCUT2D eigenvalue weighted by Crippen LogP contribution is 2.18. The monoisotopic (exact) mass is 140 g/mol. The number of nitrogen functional groups attached to an aromatic ring is 1. The van der Waals surface area contributed by atoms with Crippen molar-refractivity contribution in [3.05, 3.63) is 12.0 Å². The first kappa shape index (κ1) is 6.76. The van der Waals surface area contributed by atoms with Gasteiger partial charge in [0.2, 0.25) is 5.75 Å². The third-order valence-corrected chi connectivity index (χ3v) is 1.13. The molecule has 0 aliphatic rings. The van der Waals surface area contributed by atoms with Gasteiger partial charge in [-0.05, 0) is 6.92 Å². The largest absolute Gasteiger partial charge is 0.406 e. The molecule has 0 spiro atoms. The lowest BCUT2D eigenvalue weighted by molar-refractivity contribution is 0.331. The summed E-state index contributed by atoms with van der Waals surface area (Å²) in [6.45, 7) is 1.74. The maximum absolute atomic E-state index is 5.38. The number of anilines is 1. The van der Waals surface area contributed by atoms with Gasteiger partial charge in [-0.1, -0.05) is 0 Å². The first-order valence-corrected chi connectivity index (χ1v) is 2.69. The molecule has 54 valence electrons. The first-order valence-electron chi connectivity index (χ1n) is 2.69. The van der Waals surface area contributed by atoms with Gasteiger partial charge in [0.15, 0.2) is 5.82 Å². The average molecular weight is 140 g/mol. The van der Waals surface area contributed by atoms with E-state index in [1.54, 1.807) is 6.92 Å². The maximum atomic E-state index is 5.38. The van der Waals surface area contributed by atoms with Crippen molar-refractivity contribution in [1.82, 2.24) is 9.97 Å². The van der Waals surface area contributed by atoms with Crippen LogP contribution in [0, 0.1) is 6.92 Å². The fraction of sp³-hybridized carbons (Fsp3) is 0.200. The second kappa shape index (κ2) is 2.49. The van der Waals surface area contributed by atoms with Gasteiger partial charge in [0.05, 0.1) is 5.69 Å². The average Bonchev–Trinajstić information content (AvgIpc) is 1.88. The van der Waals surface area contributed by atoms with Crippen LogP contribution in [0.4, 0.5) is 5.82 Å². The molecule has 0 aromatic carbocycles. The molecule has 0 saturated carbocycles. The molecule has 10 heavy (non-hydrogen) atoms. The van der Waals surface area contributed by atoms with Gasteiger partial charge >= 0.3 is 0 Å². The molecule has 1 aromatic rings. The van der Waals surface area contributed by atoms with Crippen LogP contribution in [0.5, 0.6) is 5.75 Å². The van der Waals surface area contributed by atoms with Crippen molar-refractivity contribution < 1.29 is 4.84 Å². The Hall–Kier alpha value is -1.36. The third-order valence-electron chi connectivity index (χ3n) is 1.13. The summed E-state index contributed by atoms with van der Waals surface area (Å²) in [4.78, 5) is 11.9. The normalized spacial score (nSPS) is 9.40. The van der Waals surface area contributed by atoms with Crippen LogP contribution in [0.3, 0.4) is 0 Å². The third kappa shape index (κ3) is 0.985. The molecule has 1 rings (SSSR count). The van der Waals surface area contributed by atoms with Crippen molar-refractivity contribution in [2.24, 2.45) is 5.90 Å². The molecule has 1 aromatic heterocycles. The summed E-state index contributed by atoms with van der Waals surface area (Å²) < 4.78 is 0. The van der Waals surface area contributed by atoms with Gasteiger partial charge in [-0.25, -0.2) is 9.97 Å². The maximum Gasteiger partial charge on any atom is 0.209 e. The Morgan fingerprint density at radius 2 is 2.20 bits per heavy atom. The summed E-state index contributed by atoms with van der Waals surface area (Å²) in [5.41, 5.74) is 6.01. The molecule has 0 aliphatic heterocycles. The number of rotatable bonds is 1. The van der Waals surface area contributed by atoms with E-state index in [1.165, 1.54) is 6.33 Å². The van der Waals surface area contributed by atoms with Crippen molar-refractivity contribution in [2.75, 3.05) is 5.73 Å². The zero-order valence-corrected chi connectivity index (χ0v) is 5.53. The minimum Gasteiger partial charge on any atom is -0.406 e. The second-order valence-electron chi connectivity index (χ2n) is 1.79. The molecule has 0 fully saturated rings. The Morgan fingerprint density at radius 3 is 2.60 bits per heavy atom. The molecule has 4 N–H and O–H groups in total. The van der Waals surface area contributed by atoms with Crippen LogP contribution in [0.1, 0.15) is 5.69 Å². The summed E-state index contributed by atoms with van der Waals surface area (Å²) >= 11 is 0. The second-order valence-corrected chi connectivity index (χ2v) is 1.79. The van der Waals surface area contributed by atoms with E-state index in [9.17, 15) is 0 Å². The summed E-state index contributed by atoms with van der Waals surface area (Å²) in [6, 6.07) is 0. The van der Waals surface area contributed by atoms with Crippen LogP contribution in [0.2, 0.25) is 0 Å². The molecular formula is C5H8N4O. The van der Waals surface area contributed by atoms with E-state index in [2.05, 4.69) is 14.8 Å². The summed E-state index contributed by atoms with van der Waals surface area (Å²) in [6.07, 6.45) is 1.35. The number of hydrogen-bond acceptors (Lipinski definition) is 5. The summed E-state index contributed by atoms with van der Waals surface area (Å²) in [5.74, 6) is 5.49. The lowest BCUT2D eigenvalue weighted by atomic mass is 10.4. The summed E-state index contributed by atoms with van der Waals surface area (Å²) in [7, 11) is 0. The minimum atomic E-state index is 0.259.